The molecule has 0 saturated carbocycles. The van der Waals surface area contributed by atoms with Gasteiger partial charge in [-0.1, -0.05) is 6.07 Å². The molecule has 0 aliphatic carbocycles. The highest BCUT2D eigenvalue weighted by atomic mass is 15.1. The lowest BCUT2D eigenvalue weighted by Gasteiger charge is -2.24. The first-order chi connectivity index (χ1) is 7.84. The second-order valence-electron chi connectivity index (χ2n) is 4.31. The highest BCUT2D eigenvalue weighted by Crippen LogP contribution is 2.19. The second kappa shape index (κ2) is 3.88. The zero-order chi connectivity index (χ0) is 11.0. The lowest BCUT2D eigenvalue weighted by atomic mass is 10.0. The molecule has 1 unspecified atom stereocenters. The molecule has 4 nitrogen and oxygen atoms in total. The van der Waals surface area contributed by atoms with E-state index in [1.54, 1.807) is 0 Å². The molecule has 1 atom stereocenters. The average Bonchev–Trinajstić information content (AvgIpc) is 2.72. The fourth-order valence-corrected chi connectivity index (χ4v) is 2.26. The Bertz CT molecular complexity index is 497. The predicted molar refractivity (Wildman–Crippen MR) is 64.3 cm³/mol. The van der Waals surface area contributed by atoms with E-state index in [9.17, 15) is 0 Å². The summed E-state index contributed by atoms with van der Waals surface area (Å²) >= 11 is 0. The molecule has 0 amide bonds. The maximum absolute atomic E-state index is 4.39. The number of hydrogen-bond donors (Lipinski definition) is 2. The Morgan fingerprint density at radius 3 is 3.12 bits per heavy atom. The Hall–Kier alpha value is -1.39. The van der Waals surface area contributed by atoms with Gasteiger partial charge in [-0.2, -0.15) is 0 Å². The molecule has 4 heteroatoms. The van der Waals surface area contributed by atoms with Crippen LogP contribution in [0.2, 0.25) is 0 Å². The third-order valence-electron chi connectivity index (χ3n) is 3.19. The van der Waals surface area contributed by atoms with Gasteiger partial charge in [0.05, 0.1) is 17.4 Å². The van der Waals surface area contributed by atoms with Gasteiger partial charge in [0.25, 0.3) is 0 Å². The number of hydrogen-bond acceptors (Lipinski definition) is 3. The van der Waals surface area contributed by atoms with E-state index >= 15 is 0 Å². The van der Waals surface area contributed by atoms with Gasteiger partial charge in [0.1, 0.15) is 0 Å². The highest BCUT2D eigenvalue weighted by molar-refractivity contribution is 5.76. The Balaban J connectivity index is 1.97. The van der Waals surface area contributed by atoms with Crippen LogP contribution >= 0.6 is 0 Å². The summed E-state index contributed by atoms with van der Waals surface area (Å²) in [5.74, 6) is 0. The molecule has 1 aromatic heterocycles. The first-order valence-electron chi connectivity index (χ1n) is 5.70. The molecular weight excluding hydrogens is 200 g/mol. The quantitative estimate of drug-likeness (QED) is 0.741. The SMILES string of the molecule is Cn1cnc2cc(C3CNCCN3)ccc21. The van der Waals surface area contributed by atoms with E-state index in [1.165, 1.54) is 11.1 Å². The molecule has 0 spiro atoms. The number of fused-ring (bicyclic) bond motifs is 1. The molecule has 2 aromatic rings. The number of nitrogens with zero attached hydrogens (tertiary/aromatic N) is 2. The predicted octanol–water partition coefficient (Wildman–Crippen LogP) is 0.807. The van der Waals surface area contributed by atoms with Gasteiger partial charge in [-0.25, -0.2) is 4.98 Å². The molecule has 0 radical (unpaired) electrons. The van der Waals surface area contributed by atoms with Crippen molar-refractivity contribution in [1.82, 2.24) is 20.2 Å². The summed E-state index contributed by atoms with van der Waals surface area (Å²) in [5.41, 5.74) is 3.58. The molecule has 3 rings (SSSR count). The molecule has 16 heavy (non-hydrogen) atoms. The van der Waals surface area contributed by atoms with Gasteiger partial charge in [-0.3, -0.25) is 0 Å². The standard InChI is InChI=1S/C12H16N4/c1-16-8-15-10-6-9(2-3-12(10)16)11-7-13-4-5-14-11/h2-3,6,8,11,13-14H,4-5,7H2,1H3. The van der Waals surface area contributed by atoms with E-state index in [4.69, 9.17) is 0 Å². The maximum atomic E-state index is 4.39. The van der Waals surface area contributed by atoms with E-state index in [1.807, 2.05) is 17.9 Å². The van der Waals surface area contributed by atoms with E-state index in [0.29, 0.717) is 6.04 Å². The minimum Gasteiger partial charge on any atom is -0.334 e. The zero-order valence-corrected chi connectivity index (χ0v) is 9.40. The van der Waals surface area contributed by atoms with Crippen LogP contribution in [0.4, 0.5) is 0 Å². The van der Waals surface area contributed by atoms with Crippen molar-refractivity contribution in [3.05, 3.63) is 30.1 Å². The molecule has 2 N–H and O–H groups in total. The molecule has 1 saturated heterocycles. The topological polar surface area (TPSA) is 41.9 Å². The number of nitrogens with one attached hydrogen (secondary N) is 2. The Labute approximate surface area is 94.7 Å². The minimum absolute atomic E-state index is 0.417. The molecule has 1 aliphatic heterocycles. The van der Waals surface area contributed by atoms with Crippen LogP contribution in [0.1, 0.15) is 11.6 Å². The first-order valence-corrected chi connectivity index (χ1v) is 5.70. The summed E-state index contributed by atoms with van der Waals surface area (Å²) in [6, 6.07) is 6.93. The third-order valence-corrected chi connectivity index (χ3v) is 3.19. The summed E-state index contributed by atoms with van der Waals surface area (Å²) < 4.78 is 2.05. The lowest BCUT2D eigenvalue weighted by molar-refractivity contribution is 0.430. The smallest absolute Gasteiger partial charge is 0.0955 e. The van der Waals surface area contributed by atoms with E-state index in [2.05, 4.69) is 33.8 Å². The number of aryl methyl sites for hydroxylation is 1. The van der Waals surface area contributed by atoms with Crippen molar-refractivity contribution in [2.24, 2.45) is 7.05 Å². The second-order valence-corrected chi connectivity index (χ2v) is 4.31. The maximum Gasteiger partial charge on any atom is 0.0955 e. The normalized spacial score (nSPS) is 21.4. The van der Waals surface area contributed by atoms with Gasteiger partial charge < -0.3 is 15.2 Å². The van der Waals surface area contributed by atoms with Gasteiger partial charge in [0.2, 0.25) is 0 Å². The summed E-state index contributed by atoms with van der Waals surface area (Å²) in [7, 11) is 2.02. The van der Waals surface area contributed by atoms with Crippen LogP contribution in [0.25, 0.3) is 11.0 Å². The molecule has 84 valence electrons. The van der Waals surface area contributed by atoms with Crippen LogP contribution in [0, 0.1) is 0 Å². The number of imidazole rings is 1. The molecular formula is C12H16N4. The fourth-order valence-electron chi connectivity index (χ4n) is 2.26. The third kappa shape index (κ3) is 1.60. The van der Waals surface area contributed by atoms with E-state index in [-0.39, 0.29) is 0 Å². The Morgan fingerprint density at radius 1 is 1.38 bits per heavy atom. The van der Waals surface area contributed by atoms with Crippen LogP contribution in [0.3, 0.4) is 0 Å². The molecule has 1 aromatic carbocycles. The average molecular weight is 216 g/mol. The van der Waals surface area contributed by atoms with Crippen LogP contribution in [0.5, 0.6) is 0 Å². The first kappa shape index (κ1) is 9.81. The van der Waals surface area contributed by atoms with Crippen molar-refractivity contribution in [3.8, 4) is 0 Å². The van der Waals surface area contributed by atoms with Crippen molar-refractivity contribution in [3.63, 3.8) is 0 Å². The van der Waals surface area contributed by atoms with E-state index < -0.39 is 0 Å². The molecule has 2 heterocycles. The summed E-state index contributed by atoms with van der Waals surface area (Å²) in [6.07, 6.45) is 1.86. The molecule has 0 bridgehead atoms. The number of piperazine rings is 1. The van der Waals surface area contributed by atoms with Gasteiger partial charge in [-0.05, 0) is 17.7 Å². The Kier molecular flexibility index (Phi) is 2.38. The summed E-state index contributed by atoms with van der Waals surface area (Å²) in [6.45, 7) is 3.09. The highest BCUT2D eigenvalue weighted by Gasteiger charge is 2.14. The van der Waals surface area contributed by atoms with Crippen molar-refractivity contribution < 1.29 is 0 Å². The summed E-state index contributed by atoms with van der Waals surface area (Å²) in [5, 5.41) is 6.91. The van der Waals surface area contributed by atoms with Gasteiger partial charge in [0.15, 0.2) is 0 Å². The van der Waals surface area contributed by atoms with Crippen LogP contribution in [0.15, 0.2) is 24.5 Å². The molecule has 1 fully saturated rings. The lowest BCUT2D eigenvalue weighted by Crippen LogP contribution is -2.42. The van der Waals surface area contributed by atoms with Crippen molar-refractivity contribution >= 4 is 11.0 Å². The van der Waals surface area contributed by atoms with Crippen LogP contribution < -0.4 is 10.6 Å². The van der Waals surface area contributed by atoms with Crippen molar-refractivity contribution in [2.75, 3.05) is 19.6 Å². The van der Waals surface area contributed by atoms with Crippen LogP contribution in [-0.2, 0) is 7.05 Å². The number of rotatable bonds is 1. The monoisotopic (exact) mass is 216 g/mol. The number of aromatic nitrogens is 2. The molecule has 1 aliphatic rings. The van der Waals surface area contributed by atoms with Gasteiger partial charge in [-0.15, -0.1) is 0 Å². The van der Waals surface area contributed by atoms with E-state index in [0.717, 1.165) is 25.2 Å². The van der Waals surface area contributed by atoms with Crippen molar-refractivity contribution in [1.29, 1.82) is 0 Å². The summed E-state index contributed by atoms with van der Waals surface area (Å²) in [4.78, 5) is 4.39. The largest absolute Gasteiger partial charge is 0.334 e. The van der Waals surface area contributed by atoms with Gasteiger partial charge >= 0.3 is 0 Å². The fraction of sp³-hybridized carbons (Fsp3) is 0.417. The minimum atomic E-state index is 0.417. The van der Waals surface area contributed by atoms with Crippen LogP contribution in [-0.4, -0.2) is 29.2 Å². The number of benzene rings is 1. The Morgan fingerprint density at radius 2 is 2.31 bits per heavy atom. The van der Waals surface area contributed by atoms with Gasteiger partial charge in [0, 0.05) is 32.7 Å². The van der Waals surface area contributed by atoms with Crippen molar-refractivity contribution in [2.45, 2.75) is 6.04 Å². The zero-order valence-electron chi connectivity index (χ0n) is 9.40.